The molecule has 0 bridgehead atoms. The molecular formula is C15H18FNO3. The Kier molecular flexibility index (Phi) is 4.71. The van der Waals surface area contributed by atoms with Gasteiger partial charge in [-0.1, -0.05) is 25.7 Å². The Morgan fingerprint density at radius 3 is 2.40 bits per heavy atom. The van der Waals surface area contributed by atoms with Crippen molar-refractivity contribution in [3.8, 4) is 0 Å². The molecule has 2 N–H and O–H groups in total. The fraction of sp³-hybridized carbons (Fsp3) is 0.467. The number of hydrogen-bond donors (Lipinski definition) is 2. The molecule has 1 aromatic rings. The summed E-state index contributed by atoms with van der Waals surface area (Å²) in [5.74, 6) is -2.08. The van der Waals surface area contributed by atoms with Crippen LogP contribution in [-0.4, -0.2) is 17.0 Å². The van der Waals surface area contributed by atoms with E-state index in [1.807, 2.05) is 0 Å². The van der Waals surface area contributed by atoms with Crippen molar-refractivity contribution < 1.29 is 19.1 Å². The van der Waals surface area contributed by atoms with E-state index in [1.54, 1.807) is 0 Å². The van der Waals surface area contributed by atoms with E-state index in [-0.39, 0.29) is 23.1 Å². The van der Waals surface area contributed by atoms with E-state index in [2.05, 4.69) is 5.32 Å². The Balaban J connectivity index is 2.10. The van der Waals surface area contributed by atoms with E-state index < -0.39 is 11.8 Å². The van der Waals surface area contributed by atoms with E-state index in [9.17, 15) is 14.0 Å². The van der Waals surface area contributed by atoms with Gasteiger partial charge in [-0.05, 0) is 31.0 Å². The molecular weight excluding hydrogens is 261 g/mol. The maximum absolute atomic E-state index is 13.6. The van der Waals surface area contributed by atoms with Crippen LogP contribution >= 0.6 is 0 Å². The van der Waals surface area contributed by atoms with Crippen molar-refractivity contribution in [3.05, 3.63) is 29.6 Å². The van der Waals surface area contributed by atoms with Crippen LogP contribution < -0.4 is 5.32 Å². The first-order valence-corrected chi connectivity index (χ1v) is 6.91. The Bertz CT molecular complexity index is 508. The van der Waals surface area contributed by atoms with Gasteiger partial charge in [0, 0.05) is 5.92 Å². The van der Waals surface area contributed by atoms with Crippen LogP contribution in [0, 0.1) is 11.7 Å². The van der Waals surface area contributed by atoms with Gasteiger partial charge in [-0.3, -0.25) is 4.79 Å². The number of halogens is 1. The Hall–Kier alpha value is -1.91. The zero-order chi connectivity index (χ0) is 14.5. The molecule has 0 atom stereocenters. The Morgan fingerprint density at radius 1 is 1.15 bits per heavy atom. The molecule has 1 aliphatic rings. The lowest BCUT2D eigenvalue weighted by molar-refractivity contribution is -0.120. The molecule has 5 heteroatoms. The lowest BCUT2D eigenvalue weighted by atomic mass is 9.99. The first-order chi connectivity index (χ1) is 9.58. The summed E-state index contributed by atoms with van der Waals surface area (Å²) in [6, 6.07) is 3.40. The van der Waals surface area contributed by atoms with Crippen molar-refractivity contribution in [1.82, 2.24) is 0 Å². The zero-order valence-corrected chi connectivity index (χ0v) is 11.2. The number of carboxylic acids is 1. The van der Waals surface area contributed by atoms with Gasteiger partial charge < -0.3 is 10.4 Å². The average Bonchev–Trinajstić information content (AvgIpc) is 2.70. The number of aromatic carboxylic acids is 1. The van der Waals surface area contributed by atoms with E-state index >= 15 is 0 Å². The van der Waals surface area contributed by atoms with Crippen LogP contribution in [0.15, 0.2) is 18.2 Å². The second-order valence-electron chi connectivity index (χ2n) is 5.18. The second-order valence-corrected chi connectivity index (χ2v) is 5.18. The molecule has 0 aliphatic heterocycles. The first kappa shape index (κ1) is 14.5. The first-order valence-electron chi connectivity index (χ1n) is 6.91. The second kappa shape index (κ2) is 6.50. The summed E-state index contributed by atoms with van der Waals surface area (Å²) in [6.45, 7) is 0. The predicted octanol–water partition coefficient (Wildman–Crippen LogP) is 3.43. The fourth-order valence-corrected chi connectivity index (χ4v) is 2.53. The third-order valence-electron chi connectivity index (χ3n) is 3.70. The number of carbonyl (C=O) groups excluding carboxylic acids is 1. The zero-order valence-electron chi connectivity index (χ0n) is 11.2. The standard InChI is InChI=1S/C15H18FNO3/c16-12-8-7-11(15(19)20)9-13(12)17-14(18)10-5-3-1-2-4-6-10/h7-10H,1-6H2,(H,17,18)(H,19,20). The highest BCUT2D eigenvalue weighted by molar-refractivity contribution is 5.95. The van der Waals surface area contributed by atoms with Gasteiger partial charge in [0.1, 0.15) is 5.82 Å². The quantitative estimate of drug-likeness (QED) is 0.833. The number of amides is 1. The number of hydrogen-bond acceptors (Lipinski definition) is 2. The molecule has 2 rings (SSSR count). The molecule has 20 heavy (non-hydrogen) atoms. The minimum Gasteiger partial charge on any atom is -0.478 e. The molecule has 1 fully saturated rings. The van der Waals surface area contributed by atoms with Gasteiger partial charge >= 0.3 is 5.97 Å². The van der Waals surface area contributed by atoms with Gasteiger partial charge in [-0.15, -0.1) is 0 Å². The topological polar surface area (TPSA) is 66.4 Å². The van der Waals surface area contributed by atoms with Crippen LogP contribution in [0.2, 0.25) is 0 Å². The minimum absolute atomic E-state index is 0.0393. The smallest absolute Gasteiger partial charge is 0.335 e. The van der Waals surface area contributed by atoms with Gasteiger partial charge in [0.15, 0.2) is 0 Å². The fourth-order valence-electron chi connectivity index (χ4n) is 2.53. The lowest BCUT2D eigenvalue weighted by Crippen LogP contribution is -2.23. The van der Waals surface area contributed by atoms with Gasteiger partial charge in [0.05, 0.1) is 11.3 Å². The maximum atomic E-state index is 13.6. The molecule has 0 aromatic heterocycles. The molecule has 0 spiro atoms. The Labute approximate surface area is 117 Å². The third-order valence-corrected chi connectivity index (χ3v) is 3.70. The highest BCUT2D eigenvalue weighted by atomic mass is 19.1. The molecule has 1 amide bonds. The van der Waals surface area contributed by atoms with Crippen LogP contribution in [0.3, 0.4) is 0 Å². The lowest BCUT2D eigenvalue weighted by Gasteiger charge is -2.14. The van der Waals surface area contributed by atoms with Crippen molar-refractivity contribution in [1.29, 1.82) is 0 Å². The van der Waals surface area contributed by atoms with Crippen LogP contribution in [-0.2, 0) is 4.79 Å². The molecule has 0 saturated heterocycles. The van der Waals surface area contributed by atoms with Crippen molar-refractivity contribution in [2.24, 2.45) is 5.92 Å². The van der Waals surface area contributed by atoms with Crippen molar-refractivity contribution in [2.75, 3.05) is 5.32 Å². The summed E-state index contributed by atoms with van der Waals surface area (Å²) in [6.07, 6.45) is 5.91. The van der Waals surface area contributed by atoms with Crippen LogP contribution in [0.4, 0.5) is 10.1 Å². The summed E-state index contributed by atoms with van der Waals surface area (Å²) in [5.41, 5.74) is -0.0956. The van der Waals surface area contributed by atoms with Crippen LogP contribution in [0.1, 0.15) is 48.9 Å². The molecule has 0 unspecified atom stereocenters. The largest absolute Gasteiger partial charge is 0.478 e. The molecule has 0 heterocycles. The monoisotopic (exact) mass is 279 g/mol. The Morgan fingerprint density at radius 2 is 1.80 bits per heavy atom. The molecule has 1 saturated carbocycles. The van der Waals surface area contributed by atoms with E-state index in [0.29, 0.717) is 0 Å². The van der Waals surface area contributed by atoms with E-state index in [4.69, 9.17) is 5.11 Å². The molecule has 1 aliphatic carbocycles. The summed E-state index contributed by atoms with van der Waals surface area (Å²) >= 11 is 0. The van der Waals surface area contributed by atoms with Gasteiger partial charge in [-0.2, -0.15) is 0 Å². The number of carboxylic acid groups (broad SMARTS) is 1. The molecule has 0 radical (unpaired) electrons. The van der Waals surface area contributed by atoms with Crippen LogP contribution in [0.25, 0.3) is 0 Å². The number of nitrogens with one attached hydrogen (secondary N) is 1. The van der Waals surface area contributed by atoms with Gasteiger partial charge in [-0.25, -0.2) is 9.18 Å². The number of rotatable bonds is 3. The summed E-state index contributed by atoms with van der Waals surface area (Å²) in [5, 5.41) is 11.4. The summed E-state index contributed by atoms with van der Waals surface area (Å²) in [7, 11) is 0. The number of carbonyl (C=O) groups is 2. The van der Waals surface area contributed by atoms with Crippen molar-refractivity contribution in [2.45, 2.75) is 38.5 Å². The number of benzene rings is 1. The van der Waals surface area contributed by atoms with Gasteiger partial charge in [0.2, 0.25) is 5.91 Å². The number of anilines is 1. The van der Waals surface area contributed by atoms with E-state index in [0.717, 1.165) is 50.7 Å². The van der Waals surface area contributed by atoms with Crippen molar-refractivity contribution in [3.63, 3.8) is 0 Å². The normalized spacial score (nSPS) is 16.4. The molecule has 4 nitrogen and oxygen atoms in total. The third kappa shape index (κ3) is 3.56. The highest BCUT2D eigenvalue weighted by Crippen LogP contribution is 2.25. The average molecular weight is 279 g/mol. The SMILES string of the molecule is O=C(O)c1ccc(F)c(NC(=O)C2CCCCCC2)c1. The summed E-state index contributed by atoms with van der Waals surface area (Å²) in [4.78, 5) is 23.0. The van der Waals surface area contributed by atoms with Gasteiger partial charge in [0.25, 0.3) is 0 Å². The van der Waals surface area contributed by atoms with Crippen LogP contribution in [0.5, 0.6) is 0 Å². The summed E-state index contributed by atoms with van der Waals surface area (Å²) < 4.78 is 13.6. The van der Waals surface area contributed by atoms with E-state index in [1.165, 1.54) is 6.07 Å². The molecule has 1 aromatic carbocycles. The predicted molar refractivity (Wildman–Crippen MR) is 73.2 cm³/mol. The maximum Gasteiger partial charge on any atom is 0.335 e. The molecule has 108 valence electrons. The highest BCUT2D eigenvalue weighted by Gasteiger charge is 2.21. The minimum atomic E-state index is -1.14. The van der Waals surface area contributed by atoms with Crippen molar-refractivity contribution >= 4 is 17.6 Å².